The van der Waals surface area contributed by atoms with Gasteiger partial charge < -0.3 is 5.32 Å². The molecule has 16 heavy (non-hydrogen) atoms. The van der Waals surface area contributed by atoms with Crippen molar-refractivity contribution in [2.75, 3.05) is 6.54 Å². The van der Waals surface area contributed by atoms with Crippen LogP contribution in [-0.4, -0.2) is 11.5 Å². The summed E-state index contributed by atoms with van der Waals surface area (Å²) in [5, 5.41) is 14.0. The van der Waals surface area contributed by atoms with Crippen LogP contribution in [0.4, 0.5) is 5.00 Å². The smallest absolute Gasteiger partial charge is 0.312 e. The van der Waals surface area contributed by atoms with Gasteiger partial charge in [-0.15, -0.1) is 0 Å². The van der Waals surface area contributed by atoms with Crippen molar-refractivity contribution in [1.82, 2.24) is 5.32 Å². The molecular formula is C11H18N2O2S. The maximum Gasteiger partial charge on any atom is 0.324 e. The molecule has 0 radical (unpaired) electrons. The van der Waals surface area contributed by atoms with Gasteiger partial charge in [-0.05, 0) is 19.0 Å². The zero-order valence-electron chi connectivity index (χ0n) is 9.57. The molecule has 0 aliphatic heterocycles. The number of hydrogen-bond acceptors (Lipinski definition) is 4. The number of nitro groups is 1. The highest BCUT2D eigenvalue weighted by Crippen LogP contribution is 2.23. The van der Waals surface area contributed by atoms with Crippen LogP contribution in [0.25, 0.3) is 0 Å². The Morgan fingerprint density at radius 1 is 1.38 bits per heavy atom. The van der Waals surface area contributed by atoms with E-state index in [9.17, 15) is 10.1 Å². The summed E-state index contributed by atoms with van der Waals surface area (Å²) in [6, 6.07) is 3.39. The highest BCUT2D eigenvalue weighted by molar-refractivity contribution is 7.15. The molecule has 0 spiro atoms. The van der Waals surface area contributed by atoms with Crippen molar-refractivity contribution in [3.8, 4) is 0 Å². The molecule has 1 rings (SSSR count). The summed E-state index contributed by atoms with van der Waals surface area (Å²) in [6.45, 7) is 3.93. The first-order valence-electron chi connectivity index (χ1n) is 5.68. The first-order chi connectivity index (χ1) is 7.74. The van der Waals surface area contributed by atoms with Gasteiger partial charge in [0.05, 0.1) is 4.92 Å². The molecule has 4 nitrogen and oxygen atoms in total. The van der Waals surface area contributed by atoms with E-state index in [1.54, 1.807) is 6.07 Å². The molecule has 0 bridgehead atoms. The van der Waals surface area contributed by atoms with Gasteiger partial charge in [0.2, 0.25) is 0 Å². The number of thiophene rings is 1. The molecule has 0 aliphatic rings. The van der Waals surface area contributed by atoms with Crippen molar-refractivity contribution in [1.29, 1.82) is 0 Å². The van der Waals surface area contributed by atoms with Gasteiger partial charge in [0.15, 0.2) is 0 Å². The fourth-order valence-electron chi connectivity index (χ4n) is 1.45. The SMILES string of the molecule is CCCCCCNCc1ccc([N+](=O)[O-])s1. The van der Waals surface area contributed by atoms with Crippen molar-refractivity contribution in [3.05, 3.63) is 27.1 Å². The van der Waals surface area contributed by atoms with Gasteiger partial charge in [-0.3, -0.25) is 10.1 Å². The van der Waals surface area contributed by atoms with Gasteiger partial charge >= 0.3 is 5.00 Å². The Labute approximate surface area is 99.8 Å². The highest BCUT2D eigenvalue weighted by Gasteiger charge is 2.08. The molecule has 1 aromatic rings. The van der Waals surface area contributed by atoms with Crippen LogP contribution < -0.4 is 5.32 Å². The van der Waals surface area contributed by atoms with E-state index in [1.165, 1.54) is 37.0 Å². The molecule has 0 atom stereocenters. The maximum atomic E-state index is 10.5. The summed E-state index contributed by atoms with van der Waals surface area (Å²) in [5.74, 6) is 0. The fraction of sp³-hybridized carbons (Fsp3) is 0.636. The minimum absolute atomic E-state index is 0.225. The van der Waals surface area contributed by atoms with Crippen molar-refractivity contribution in [3.63, 3.8) is 0 Å². The van der Waals surface area contributed by atoms with Crippen LogP contribution in [0, 0.1) is 10.1 Å². The Balaban J connectivity index is 2.14. The standard InChI is InChI=1S/C11H18N2O2S/c1-2-3-4-5-8-12-9-10-6-7-11(16-10)13(14)15/h6-7,12H,2-5,8-9H2,1H3. The van der Waals surface area contributed by atoms with Crippen LogP contribution in [0.3, 0.4) is 0 Å². The van der Waals surface area contributed by atoms with Gasteiger partial charge in [-0.2, -0.15) is 0 Å². The van der Waals surface area contributed by atoms with Gasteiger partial charge in [-0.1, -0.05) is 37.5 Å². The average Bonchev–Trinajstić information content (AvgIpc) is 2.72. The van der Waals surface area contributed by atoms with Gasteiger partial charge in [-0.25, -0.2) is 0 Å². The molecule has 0 amide bonds. The van der Waals surface area contributed by atoms with Crippen LogP contribution in [0.5, 0.6) is 0 Å². The topological polar surface area (TPSA) is 55.2 Å². The average molecular weight is 242 g/mol. The number of unbranched alkanes of at least 4 members (excludes halogenated alkanes) is 3. The second-order valence-corrected chi connectivity index (χ2v) is 4.88. The predicted molar refractivity (Wildman–Crippen MR) is 66.8 cm³/mol. The second kappa shape index (κ2) is 7.35. The van der Waals surface area contributed by atoms with Gasteiger partial charge in [0.25, 0.3) is 0 Å². The lowest BCUT2D eigenvalue weighted by Gasteiger charge is -2.01. The Hall–Kier alpha value is -0.940. The van der Waals surface area contributed by atoms with Crippen LogP contribution >= 0.6 is 11.3 Å². The summed E-state index contributed by atoms with van der Waals surface area (Å²) in [7, 11) is 0. The minimum atomic E-state index is -0.338. The predicted octanol–water partition coefficient (Wildman–Crippen LogP) is 3.33. The molecule has 1 heterocycles. The van der Waals surface area contributed by atoms with Gasteiger partial charge in [0.1, 0.15) is 0 Å². The zero-order valence-corrected chi connectivity index (χ0v) is 10.4. The Morgan fingerprint density at radius 2 is 2.19 bits per heavy atom. The van der Waals surface area contributed by atoms with Crippen molar-refractivity contribution < 1.29 is 4.92 Å². The summed E-state index contributed by atoms with van der Waals surface area (Å²) in [4.78, 5) is 11.1. The molecule has 0 saturated heterocycles. The Kier molecular flexibility index (Phi) is 6.03. The third kappa shape index (κ3) is 4.72. The summed E-state index contributed by atoms with van der Waals surface area (Å²) in [6.07, 6.45) is 4.97. The van der Waals surface area contributed by atoms with Crippen LogP contribution in [0.1, 0.15) is 37.5 Å². The van der Waals surface area contributed by atoms with Crippen LogP contribution in [0.2, 0.25) is 0 Å². The third-order valence-electron chi connectivity index (χ3n) is 2.33. The van der Waals surface area contributed by atoms with Crippen LogP contribution in [0.15, 0.2) is 12.1 Å². The largest absolute Gasteiger partial charge is 0.324 e. The number of hydrogen-bond donors (Lipinski definition) is 1. The second-order valence-electron chi connectivity index (χ2n) is 3.73. The monoisotopic (exact) mass is 242 g/mol. The van der Waals surface area contributed by atoms with E-state index < -0.39 is 0 Å². The van der Waals surface area contributed by atoms with Crippen molar-refractivity contribution in [2.24, 2.45) is 0 Å². The fourth-order valence-corrected chi connectivity index (χ4v) is 2.24. The van der Waals surface area contributed by atoms with E-state index in [1.807, 2.05) is 6.07 Å². The summed E-state index contributed by atoms with van der Waals surface area (Å²) in [5.41, 5.74) is 0. The van der Waals surface area contributed by atoms with Crippen LogP contribution in [-0.2, 0) is 6.54 Å². The summed E-state index contributed by atoms with van der Waals surface area (Å²) < 4.78 is 0. The molecule has 0 unspecified atom stereocenters. The number of rotatable bonds is 8. The lowest BCUT2D eigenvalue weighted by Crippen LogP contribution is -2.13. The summed E-state index contributed by atoms with van der Waals surface area (Å²) >= 11 is 1.25. The molecular weight excluding hydrogens is 224 g/mol. The third-order valence-corrected chi connectivity index (χ3v) is 3.37. The highest BCUT2D eigenvalue weighted by atomic mass is 32.1. The normalized spacial score (nSPS) is 10.6. The number of nitrogens with zero attached hydrogens (tertiary/aromatic N) is 1. The van der Waals surface area contributed by atoms with E-state index in [4.69, 9.17) is 0 Å². The van der Waals surface area contributed by atoms with E-state index >= 15 is 0 Å². The first kappa shape index (κ1) is 13.1. The van der Waals surface area contributed by atoms with E-state index in [2.05, 4.69) is 12.2 Å². The van der Waals surface area contributed by atoms with Crippen molar-refractivity contribution >= 4 is 16.3 Å². The molecule has 5 heteroatoms. The quantitative estimate of drug-likeness (QED) is 0.432. The lowest BCUT2D eigenvalue weighted by molar-refractivity contribution is -0.380. The molecule has 90 valence electrons. The molecule has 0 fully saturated rings. The van der Waals surface area contributed by atoms with E-state index in [-0.39, 0.29) is 9.92 Å². The minimum Gasteiger partial charge on any atom is -0.312 e. The molecule has 1 aromatic heterocycles. The Morgan fingerprint density at radius 3 is 2.81 bits per heavy atom. The number of nitrogens with one attached hydrogen (secondary N) is 1. The maximum absolute atomic E-state index is 10.5. The van der Waals surface area contributed by atoms with E-state index in [0.29, 0.717) is 0 Å². The van der Waals surface area contributed by atoms with Gasteiger partial charge in [0, 0.05) is 17.5 Å². The molecule has 0 saturated carbocycles. The van der Waals surface area contributed by atoms with Crippen molar-refractivity contribution in [2.45, 2.75) is 39.2 Å². The molecule has 0 aromatic carbocycles. The zero-order chi connectivity index (χ0) is 11.8. The van der Waals surface area contributed by atoms with E-state index in [0.717, 1.165) is 18.0 Å². The lowest BCUT2D eigenvalue weighted by atomic mass is 10.2. The molecule has 0 aliphatic carbocycles. The first-order valence-corrected chi connectivity index (χ1v) is 6.49. The Bertz CT molecular complexity index is 326. The molecule has 1 N–H and O–H groups in total.